The molecule has 0 aromatic heterocycles. The van der Waals surface area contributed by atoms with Crippen LogP contribution in [0.1, 0.15) is 51.4 Å². The second-order valence-electron chi connectivity index (χ2n) is 10.7. The molecule has 6 heteroatoms. The van der Waals surface area contributed by atoms with Gasteiger partial charge in [0.15, 0.2) is 0 Å². The van der Waals surface area contributed by atoms with Gasteiger partial charge in [0.2, 0.25) is 0 Å². The predicted molar refractivity (Wildman–Crippen MR) is 114 cm³/mol. The minimum absolute atomic E-state index is 0.0198. The number of ether oxygens (including phenoxy) is 2. The summed E-state index contributed by atoms with van der Waals surface area (Å²) in [6.07, 6.45) is 9.90. The largest absolute Gasteiger partial charge is 0.469 e. The van der Waals surface area contributed by atoms with Crippen LogP contribution in [0.4, 0.5) is 0 Å². The van der Waals surface area contributed by atoms with Crippen LogP contribution in [0.25, 0.3) is 0 Å². The fourth-order valence-electron chi connectivity index (χ4n) is 7.29. The zero-order valence-electron chi connectivity index (χ0n) is 19.2. The molecule has 2 unspecified atom stereocenters. The van der Waals surface area contributed by atoms with Gasteiger partial charge in [-0.05, 0) is 37.5 Å². The molecule has 6 nitrogen and oxygen atoms in total. The molecule has 0 aromatic rings. The van der Waals surface area contributed by atoms with Crippen molar-refractivity contribution < 1.29 is 28.0 Å². The number of hydrogen-bond donors (Lipinski definition) is 0. The molecule has 0 aliphatic carbocycles. The summed E-state index contributed by atoms with van der Waals surface area (Å²) < 4.78 is 12.5. The molecule has 0 radical (unpaired) electrons. The minimum Gasteiger partial charge on any atom is -0.469 e. The molecule has 6 fully saturated rings. The highest BCUT2D eigenvalue weighted by atomic mass is 16.5. The van der Waals surface area contributed by atoms with Gasteiger partial charge in [0.05, 0.1) is 66.6 Å². The van der Waals surface area contributed by atoms with Gasteiger partial charge in [0.25, 0.3) is 0 Å². The van der Waals surface area contributed by atoms with Crippen molar-refractivity contribution in [2.24, 2.45) is 23.7 Å². The maximum Gasteiger partial charge on any atom is 0.314 e. The number of rotatable bonds is 9. The average Bonchev–Trinajstić information content (AvgIpc) is 2.81. The van der Waals surface area contributed by atoms with Crippen molar-refractivity contribution in [3.63, 3.8) is 0 Å². The summed E-state index contributed by atoms with van der Waals surface area (Å²) in [6, 6.07) is 0. The van der Waals surface area contributed by atoms with E-state index in [9.17, 15) is 9.59 Å². The van der Waals surface area contributed by atoms with Crippen LogP contribution in [-0.4, -0.2) is 87.5 Å². The molecular weight excluding hydrogens is 380 g/mol. The molecule has 6 aliphatic rings. The second-order valence-corrected chi connectivity index (χ2v) is 10.7. The Kier molecular flexibility index (Phi) is 6.73. The van der Waals surface area contributed by atoms with Gasteiger partial charge in [-0.25, -0.2) is 0 Å². The molecular formula is C24H42N2O4+2. The third-order valence-electron chi connectivity index (χ3n) is 9.23. The number of unbranched alkanes of at least 4 members (excludes halogenated alkanes) is 3. The Morgan fingerprint density at radius 2 is 1.03 bits per heavy atom. The van der Waals surface area contributed by atoms with Gasteiger partial charge in [0.1, 0.15) is 11.8 Å². The Hall–Kier alpha value is -1.14. The molecule has 0 amide bonds. The van der Waals surface area contributed by atoms with Gasteiger partial charge in [-0.15, -0.1) is 0 Å². The molecule has 0 aromatic carbocycles. The lowest BCUT2D eigenvalue weighted by molar-refractivity contribution is -0.946. The molecule has 4 bridgehead atoms. The molecule has 6 aliphatic heterocycles. The number of hydrogen-bond acceptors (Lipinski definition) is 4. The van der Waals surface area contributed by atoms with E-state index in [1.165, 1.54) is 105 Å². The molecule has 6 saturated heterocycles. The van der Waals surface area contributed by atoms with Gasteiger partial charge >= 0.3 is 11.9 Å². The van der Waals surface area contributed by atoms with Crippen LogP contribution >= 0.6 is 0 Å². The Morgan fingerprint density at radius 1 is 0.667 bits per heavy atom. The van der Waals surface area contributed by atoms with Crippen LogP contribution in [0.2, 0.25) is 0 Å². The Balaban J connectivity index is 1.18. The summed E-state index contributed by atoms with van der Waals surface area (Å²) in [6.45, 7) is 9.50. The van der Waals surface area contributed by atoms with Gasteiger partial charge in [0, 0.05) is 25.7 Å². The van der Waals surface area contributed by atoms with Gasteiger partial charge < -0.3 is 18.4 Å². The number of methoxy groups -OCH3 is 2. The van der Waals surface area contributed by atoms with E-state index in [0.717, 1.165) is 22.1 Å². The fourth-order valence-corrected chi connectivity index (χ4v) is 7.29. The number of fused-ring (bicyclic) bond motifs is 6. The first-order valence-electron chi connectivity index (χ1n) is 12.4. The third-order valence-corrected chi connectivity index (χ3v) is 9.23. The maximum absolute atomic E-state index is 12.1. The standard InChI is InChI=1S/C24H42N2O4/c1-29-23(27)21-17-25(13-7-19(21)8-14-25)11-5-3-4-6-12-26-15-9-20(10-16-26)22(18-26)24(28)30-2/h19-22H,3-18H2,1-2H3/q+2. The van der Waals surface area contributed by atoms with Crippen molar-refractivity contribution >= 4 is 11.9 Å². The Morgan fingerprint density at radius 3 is 1.37 bits per heavy atom. The van der Waals surface area contributed by atoms with Crippen molar-refractivity contribution in [2.75, 3.05) is 66.6 Å². The summed E-state index contributed by atoms with van der Waals surface area (Å²) in [7, 11) is 3.07. The van der Waals surface area contributed by atoms with E-state index < -0.39 is 0 Å². The molecule has 30 heavy (non-hydrogen) atoms. The summed E-state index contributed by atoms with van der Waals surface area (Å²) in [4.78, 5) is 24.3. The minimum atomic E-state index is 0.0198. The molecule has 6 rings (SSSR count). The lowest BCUT2D eigenvalue weighted by Crippen LogP contribution is -2.63. The topological polar surface area (TPSA) is 52.6 Å². The lowest BCUT2D eigenvalue weighted by Gasteiger charge is -2.52. The van der Waals surface area contributed by atoms with Gasteiger partial charge in [-0.3, -0.25) is 9.59 Å². The monoisotopic (exact) mass is 422 g/mol. The van der Waals surface area contributed by atoms with Crippen molar-refractivity contribution in [3.8, 4) is 0 Å². The Bertz CT molecular complexity index is 567. The third kappa shape index (κ3) is 4.40. The summed E-state index contributed by atoms with van der Waals surface area (Å²) >= 11 is 0. The number of nitrogens with zero attached hydrogens (tertiary/aromatic N) is 2. The van der Waals surface area contributed by atoms with Crippen LogP contribution in [0.3, 0.4) is 0 Å². The van der Waals surface area contributed by atoms with E-state index in [1.807, 2.05) is 0 Å². The fraction of sp³-hybridized carbons (Fsp3) is 0.917. The molecule has 6 heterocycles. The van der Waals surface area contributed by atoms with Crippen LogP contribution in [0.5, 0.6) is 0 Å². The van der Waals surface area contributed by atoms with Crippen molar-refractivity contribution in [2.45, 2.75) is 51.4 Å². The van der Waals surface area contributed by atoms with Crippen molar-refractivity contribution in [3.05, 3.63) is 0 Å². The highest BCUT2D eigenvalue weighted by Crippen LogP contribution is 2.40. The highest BCUT2D eigenvalue weighted by Gasteiger charge is 2.50. The van der Waals surface area contributed by atoms with E-state index in [0.29, 0.717) is 11.8 Å². The van der Waals surface area contributed by atoms with E-state index >= 15 is 0 Å². The summed E-state index contributed by atoms with van der Waals surface area (Å²) in [5.41, 5.74) is 0. The number of quaternary nitrogens is 2. The highest BCUT2D eigenvalue weighted by molar-refractivity contribution is 5.73. The van der Waals surface area contributed by atoms with Crippen LogP contribution in [0.15, 0.2) is 0 Å². The lowest BCUT2D eigenvalue weighted by atomic mass is 9.77. The van der Waals surface area contributed by atoms with E-state index in [-0.39, 0.29) is 23.8 Å². The van der Waals surface area contributed by atoms with Gasteiger partial charge in [-0.2, -0.15) is 0 Å². The number of carbonyl (C=O) groups excluding carboxylic acids is 2. The van der Waals surface area contributed by atoms with E-state index in [2.05, 4.69) is 0 Å². The first kappa shape index (κ1) is 22.1. The average molecular weight is 423 g/mol. The molecule has 0 saturated carbocycles. The zero-order chi connectivity index (χ0) is 21.2. The summed E-state index contributed by atoms with van der Waals surface area (Å²) in [5, 5.41) is 0. The summed E-state index contributed by atoms with van der Waals surface area (Å²) in [5.74, 6) is 1.44. The first-order valence-corrected chi connectivity index (χ1v) is 12.4. The van der Waals surface area contributed by atoms with Gasteiger partial charge in [-0.1, -0.05) is 0 Å². The molecule has 170 valence electrons. The predicted octanol–water partition coefficient (Wildman–Crippen LogP) is 2.61. The number of esters is 2. The van der Waals surface area contributed by atoms with Crippen LogP contribution in [0, 0.1) is 23.7 Å². The first-order chi connectivity index (χ1) is 14.5. The quantitative estimate of drug-likeness (QED) is 0.326. The van der Waals surface area contributed by atoms with Crippen LogP contribution in [-0.2, 0) is 19.1 Å². The van der Waals surface area contributed by atoms with Crippen molar-refractivity contribution in [1.82, 2.24) is 0 Å². The van der Waals surface area contributed by atoms with E-state index in [1.54, 1.807) is 0 Å². The second kappa shape index (κ2) is 9.15. The number of carbonyl (C=O) groups is 2. The van der Waals surface area contributed by atoms with Crippen LogP contribution < -0.4 is 0 Å². The molecule has 2 atom stereocenters. The SMILES string of the molecule is COC(=O)C1C[N+]2(CCCCCC[N+]34CCC(CC3)C(C(=O)OC)C4)CCC1CC2. The maximum atomic E-state index is 12.1. The van der Waals surface area contributed by atoms with Crippen molar-refractivity contribution in [1.29, 1.82) is 0 Å². The Labute approximate surface area is 182 Å². The number of piperidine rings is 6. The normalized spacial score (nSPS) is 39.7. The van der Waals surface area contributed by atoms with E-state index in [4.69, 9.17) is 9.47 Å². The zero-order valence-corrected chi connectivity index (χ0v) is 19.2. The molecule has 0 N–H and O–H groups in total. The molecule has 0 spiro atoms. The smallest absolute Gasteiger partial charge is 0.314 e.